The fraction of sp³-hybridized carbons (Fsp3) is 0. The molecule has 0 aliphatic carbocycles. The summed E-state index contributed by atoms with van der Waals surface area (Å²) in [5.41, 5.74) is 15.1. The Hall–Kier alpha value is 5.54. The Bertz CT molecular complexity index is 25.3. The van der Waals surface area contributed by atoms with E-state index in [4.69, 9.17) is 16.9 Å². The van der Waals surface area contributed by atoms with Crippen LogP contribution in [0.5, 0.6) is 0 Å². The normalized spacial score (nSPS) is 3.38. The molecule has 8 heteroatoms. The molecule has 0 nitrogen and oxygen atoms in total. The van der Waals surface area contributed by atoms with E-state index in [1.54, 1.807) is 0 Å². The van der Waals surface area contributed by atoms with Crippen LogP contribution in [0, 0.1) is 30.7 Å². The zero-order chi connectivity index (χ0) is 3.58. The summed E-state index contributed by atoms with van der Waals surface area (Å²) in [6.45, 7) is 0. The molecule has 0 bridgehead atoms. The predicted molar refractivity (Wildman–Crippen MR) is 28.1 cm³/mol. The zero-order valence-corrected chi connectivity index (χ0v) is 17.3. The van der Waals surface area contributed by atoms with E-state index in [-0.39, 0.29) is 105 Å². The van der Waals surface area contributed by atoms with Crippen molar-refractivity contribution < 1.29 is 124 Å². The first-order valence-corrected chi connectivity index (χ1v) is 12.4. The summed E-state index contributed by atoms with van der Waals surface area (Å²) in [4.78, 5) is 0. The molecule has 0 amide bonds. The average Bonchev–Trinajstić information content (AvgIpc) is 0.811. The molecule has 0 saturated carbocycles. The molecule has 0 spiro atoms. The summed E-state index contributed by atoms with van der Waals surface area (Å²) >= 11 is -2.24. The van der Waals surface area contributed by atoms with Crippen molar-refractivity contribution in [1.82, 2.24) is 0 Å². The summed E-state index contributed by atoms with van der Waals surface area (Å²) < 4.78 is 0. The Morgan fingerprint density at radius 1 is 0.875 bits per heavy atom. The molecular formula is H4CeCl4Na3. The molecule has 0 heterocycles. The van der Waals surface area contributed by atoms with Crippen LogP contribution in [-0.4, -0.2) is 0 Å². The maximum Gasteiger partial charge on any atom is 1.00 e. The molecule has 0 aliphatic heterocycles. The maximum atomic E-state index is 5.02. The van der Waals surface area contributed by atoms with Gasteiger partial charge in [-0.1, -0.05) is 0 Å². The van der Waals surface area contributed by atoms with Gasteiger partial charge in [-0.05, 0) is 0 Å². The smallest absolute Gasteiger partial charge is 1.00 e. The summed E-state index contributed by atoms with van der Waals surface area (Å²) in [6, 6.07) is 0. The van der Waals surface area contributed by atoms with Crippen molar-refractivity contribution in [2.75, 3.05) is 0 Å². The second kappa shape index (κ2) is 22.9. The molecule has 8 heavy (non-hydrogen) atoms. The summed E-state index contributed by atoms with van der Waals surface area (Å²) in [6.07, 6.45) is 0. The number of halogens is 4. The van der Waals surface area contributed by atoms with Crippen LogP contribution < -0.4 is 88.7 Å². The topological polar surface area (TPSA) is 0 Å². The minimum Gasteiger partial charge on any atom is -1.00 e. The van der Waals surface area contributed by atoms with Gasteiger partial charge in [0, 0.05) is 0 Å². The van der Waals surface area contributed by atoms with Crippen LogP contribution >= 0.6 is 29.3 Å². The van der Waals surface area contributed by atoms with Crippen LogP contribution in [-0.2, 0) is 0 Å². The van der Waals surface area contributed by atoms with Gasteiger partial charge in [-0.25, -0.2) is 0 Å². The van der Waals surface area contributed by atoms with Gasteiger partial charge in [0.2, 0.25) is 0 Å². The monoisotopic (exact) mass is 353 g/mol. The zero-order valence-electron chi connectivity index (χ0n) is 8.04. The minimum atomic E-state index is -2.24. The van der Waals surface area contributed by atoms with Crippen molar-refractivity contribution in [2.45, 2.75) is 0 Å². The third-order valence-electron chi connectivity index (χ3n) is 0. The molecule has 0 saturated heterocycles. The third-order valence-corrected chi connectivity index (χ3v) is 0. The standard InChI is InChI=1S/Ce.4ClH.3Na.3H/h;4*1H;;;;;;/q+3;;;;;3*+1;3*-1/p-3. The molecule has 0 fully saturated rings. The molecule has 0 N–H and O–H groups in total. The van der Waals surface area contributed by atoms with E-state index in [9.17, 15) is 0 Å². The molecule has 0 rings (SSSR count). The molecule has 0 aromatic heterocycles. The Morgan fingerprint density at radius 3 is 0.875 bits per heavy atom. The Kier molecular flexibility index (Phi) is 83.6. The Labute approximate surface area is 148 Å². The van der Waals surface area contributed by atoms with Gasteiger partial charge in [0.05, 0.1) is 0 Å². The first-order valence-electron chi connectivity index (χ1n) is 0.567. The third kappa shape index (κ3) is 41.8. The van der Waals surface area contributed by atoms with Crippen LogP contribution in [0.25, 0.3) is 0 Å². The van der Waals surface area contributed by atoms with Crippen LogP contribution in [0.3, 0.4) is 0 Å². The van der Waals surface area contributed by atoms with E-state index in [1.807, 2.05) is 0 Å². The van der Waals surface area contributed by atoms with Gasteiger partial charge in [-0.2, -0.15) is 0 Å². The fourth-order valence-corrected chi connectivity index (χ4v) is 0. The predicted octanol–water partition coefficient (Wildman–Crippen LogP) is -6.16. The van der Waals surface area contributed by atoms with E-state index in [1.165, 1.54) is 0 Å². The summed E-state index contributed by atoms with van der Waals surface area (Å²) in [5.74, 6) is 0. The Morgan fingerprint density at radius 2 is 0.875 bits per heavy atom. The Balaban J connectivity index is -0.00000000214. The molecular weight excluding hydrogens is 351 g/mol. The van der Waals surface area contributed by atoms with Crippen molar-refractivity contribution in [3.63, 3.8) is 0 Å². The van der Waals surface area contributed by atoms with Crippen molar-refractivity contribution in [1.29, 1.82) is 0 Å². The molecule has 0 aliphatic rings. The molecule has 0 radical (unpaired) electrons. The second-order valence-corrected chi connectivity index (χ2v) is 14.0. The average molecular weight is 355 g/mol. The van der Waals surface area contributed by atoms with Crippen molar-refractivity contribution in [2.24, 2.45) is 0 Å². The van der Waals surface area contributed by atoms with Gasteiger partial charge in [-0.15, -0.1) is 12.4 Å². The van der Waals surface area contributed by atoms with E-state index < -0.39 is 30.7 Å². The molecule has 0 aromatic rings. The second-order valence-electron chi connectivity index (χ2n) is 0.214. The van der Waals surface area contributed by atoms with Crippen molar-refractivity contribution in [3.8, 4) is 0 Å². The van der Waals surface area contributed by atoms with E-state index in [0.717, 1.165) is 0 Å². The van der Waals surface area contributed by atoms with E-state index in [0.29, 0.717) is 0 Å². The van der Waals surface area contributed by atoms with Crippen molar-refractivity contribution in [3.05, 3.63) is 0 Å². The number of hydrogen-bond acceptors (Lipinski definition) is 0. The summed E-state index contributed by atoms with van der Waals surface area (Å²) in [5, 5.41) is 0. The first-order chi connectivity index (χ1) is 1.73. The van der Waals surface area contributed by atoms with E-state index >= 15 is 0 Å². The van der Waals surface area contributed by atoms with Gasteiger partial charge in [0.15, 0.2) is 0 Å². The quantitative estimate of drug-likeness (QED) is 0.380. The maximum absolute atomic E-state index is 5.02. The van der Waals surface area contributed by atoms with Gasteiger partial charge in [-0.3, -0.25) is 0 Å². The van der Waals surface area contributed by atoms with Gasteiger partial charge < -0.3 is 4.28 Å². The van der Waals surface area contributed by atoms with Crippen LogP contribution in [0.2, 0.25) is 0 Å². The molecule has 0 atom stereocenters. The van der Waals surface area contributed by atoms with Crippen LogP contribution in [0.1, 0.15) is 4.28 Å². The van der Waals surface area contributed by atoms with Crippen LogP contribution in [0.15, 0.2) is 0 Å². The van der Waals surface area contributed by atoms with Crippen LogP contribution in [0.4, 0.5) is 0 Å². The van der Waals surface area contributed by atoms with Crippen molar-refractivity contribution >= 4 is 29.3 Å². The minimum absolute atomic E-state index is 0. The van der Waals surface area contributed by atoms with E-state index in [2.05, 4.69) is 0 Å². The number of hydrogen-bond donors (Lipinski definition) is 0. The number of rotatable bonds is 0. The molecule has 0 unspecified atom stereocenters. The fourth-order valence-electron chi connectivity index (χ4n) is 0. The molecule has 39 valence electrons. The molecule has 0 aromatic carbocycles. The van der Waals surface area contributed by atoms with Gasteiger partial charge >= 0.3 is 136 Å². The largest absolute Gasteiger partial charge is 1.00 e. The first kappa shape index (κ1) is 29.2. The van der Waals surface area contributed by atoms with Gasteiger partial charge in [0.1, 0.15) is 0 Å². The SMILES string of the molecule is Cl.[Cl][Ce]([Cl])[Cl].[H-].[H-].[H-].[Na+].[Na+].[Na+]. The van der Waals surface area contributed by atoms with Gasteiger partial charge in [0.25, 0.3) is 0 Å². The summed E-state index contributed by atoms with van der Waals surface area (Å²) in [7, 11) is 0.